The second-order valence-corrected chi connectivity index (χ2v) is 6.22. The van der Waals surface area contributed by atoms with Gasteiger partial charge >= 0.3 is 6.03 Å². The molecule has 2 N–H and O–H groups in total. The Morgan fingerprint density at radius 2 is 1.70 bits per heavy atom. The molecule has 0 atom stereocenters. The van der Waals surface area contributed by atoms with Crippen molar-refractivity contribution >= 4 is 28.4 Å². The molecule has 27 heavy (non-hydrogen) atoms. The number of rotatable bonds is 5. The molecule has 0 unspecified atom stereocenters. The van der Waals surface area contributed by atoms with Gasteiger partial charge in [0.15, 0.2) is 0 Å². The van der Waals surface area contributed by atoms with Crippen LogP contribution < -0.4 is 15.4 Å². The molecule has 2 amide bonds. The number of carbonyl (C=O) groups excluding carboxylic acids is 1. The van der Waals surface area contributed by atoms with E-state index in [4.69, 9.17) is 16.3 Å². The smallest absolute Gasteiger partial charge is 0.315 e. The third-order valence-electron chi connectivity index (χ3n) is 3.88. The molecule has 0 radical (unpaired) electrons. The summed E-state index contributed by atoms with van der Waals surface area (Å²) in [6.45, 7) is 0.952. The van der Waals surface area contributed by atoms with Crippen LogP contribution in [0.5, 0.6) is 5.75 Å². The molecule has 3 aromatic carbocycles. The summed E-state index contributed by atoms with van der Waals surface area (Å²) < 4.78 is 5.73. The highest BCUT2D eigenvalue weighted by Crippen LogP contribution is 2.24. The Hall–Kier alpha value is -3.16. The first kappa shape index (κ1) is 18.6. The van der Waals surface area contributed by atoms with E-state index >= 15 is 0 Å². The van der Waals surface area contributed by atoms with Gasteiger partial charge in [-0.1, -0.05) is 72.0 Å². The van der Waals surface area contributed by atoms with Crippen LogP contribution in [-0.4, -0.2) is 19.2 Å². The van der Waals surface area contributed by atoms with Gasteiger partial charge in [-0.2, -0.15) is 0 Å². The highest BCUT2D eigenvalue weighted by molar-refractivity contribution is 6.30. The minimum atomic E-state index is -0.269. The summed E-state index contributed by atoms with van der Waals surface area (Å²) in [5.74, 6) is 6.58. The van der Waals surface area contributed by atoms with E-state index in [1.807, 2.05) is 54.6 Å². The SMILES string of the molecule is O=C(NCC#CCOc1cccc2ccccc12)NCc1ccc(Cl)cc1. The lowest BCUT2D eigenvalue weighted by atomic mass is 10.1. The van der Waals surface area contributed by atoms with Gasteiger partial charge in [0.2, 0.25) is 0 Å². The van der Waals surface area contributed by atoms with Crippen molar-refractivity contribution < 1.29 is 9.53 Å². The average Bonchev–Trinajstić information content (AvgIpc) is 2.70. The highest BCUT2D eigenvalue weighted by atomic mass is 35.5. The van der Waals surface area contributed by atoms with E-state index < -0.39 is 0 Å². The van der Waals surface area contributed by atoms with Gasteiger partial charge in [-0.15, -0.1) is 0 Å². The first-order valence-corrected chi connectivity index (χ1v) is 8.92. The molecule has 0 spiro atoms. The molecular formula is C22H19ClN2O2. The molecular weight excluding hydrogens is 360 g/mol. The van der Waals surface area contributed by atoms with Gasteiger partial charge in [0.05, 0.1) is 6.54 Å². The summed E-state index contributed by atoms with van der Waals surface area (Å²) in [6, 6.07) is 21.0. The quantitative estimate of drug-likeness (QED) is 0.647. The van der Waals surface area contributed by atoms with Gasteiger partial charge in [0.25, 0.3) is 0 Å². The van der Waals surface area contributed by atoms with Crippen LogP contribution in [0.15, 0.2) is 66.7 Å². The molecule has 136 valence electrons. The Kier molecular flexibility index (Phi) is 6.56. The van der Waals surface area contributed by atoms with Crippen LogP contribution in [0, 0.1) is 11.8 Å². The van der Waals surface area contributed by atoms with Crippen LogP contribution in [0.1, 0.15) is 5.56 Å². The highest BCUT2D eigenvalue weighted by Gasteiger charge is 2.00. The van der Waals surface area contributed by atoms with Gasteiger partial charge in [-0.05, 0) is 29.1 Å². The van der Waals surface area contributed by atoms with E-state index in [0.717, 1.165) is 22.1 Å². The minimum absolute atomic E-state index is 0.255. The number of urea groups is 1. The van der Waals surface area contributed by atoms with Crippen molar-refractivity contribution in [3.63, 3.8) is 0 Å². The third kappa shape index (κ3) is 5.67. The maximum atomic E-state index is 11.7. The van der Waals surface area contributed by atoms with Crippen molar-refractivity contribution in [3.05, 3.63) is 77.3 Å². The Balaban J connectivity index is 1.39. The molecule has 0 aliphatic carbocycles. The van der Waals surface area contributed by atoms with E-state index in [9.17, 15) is 4.79 Å². The van der Waals surface area contributed by atoms with E-state index in [1.54, 1.807) is 12.1 Å². The molecule has 0 saturated heterocycles. The molecule has 4 nitrogen and oxygen atoms in total. The normalized spacial score (nSPS) is 9.96. The standard InChI is InChI=1S/C22H19ClN2O2/c23-19-12-10-17(11-13-19)16-25-22(26)24-14-3-4-15-27-21-9-5-7-18-6-1-2-8-20(18)21/h1-2,5-13H,14-16H2,(H2,24,25,26). The van der Waals surface area contributed by atoms with Crippen LogP contribution in [0.2, 0.25) is 5.02 Å². The molecule has 0 bridgehead atoms. The summed E-state index contributed by atoms with van der Waals surface area (Å²) in [6.07, 6.45) is 0. The Bertz CT molecular complexity index is 970. The first-order chi connectivity index (χ1) is 13.2. The molecule has 5 heteroatoms. The molecule has 0 fully saturated rings. The molecule has 0 saturated carbocycles. The Morgan fingerprint density at radius 1 is 0.926 bits per heavy atom. The molecule has 0 aromatic heterocycles. The fourth-order valence-electron chi connectivity index (χ4n) is 2.52. The zero-order chi connectivity index (χ0) is 18.9. The second kappa shape index (κ2) is 9.51. The summed E-state index contributed by atoms with van der Waals surface area (Å²) in [7, 11) is 0. The Labute approximate surface area is 163 Å². The summed E-state index contributed by atoms with van der Waals surface area (Å²) >= 11 is 5.83. The van der Waals surface area contributed by atoms with Crippen LogP contribution in [-0.2, 0) is 6.54 Å². The van der Waals surface area contributed by atoms with E-state index in [-0.39, 0.29) is 19.2 Å². The number of ether oxygens (including phenoxy) is 1. The number of amides is 2. The number of nitrogens with one attached hydrogen (secondary N) is 2. The number of hydrogen-bond donors (Lipinski definition) is 2. The minimum Gasteiger partial charge on any atom is -0.480 e. The van der Waals surface area contributed by atoms with Crippen molar-refractivity contribution in [1.82, 2.24) is 10.6 Å². The second-order valence-electron chi connectivity index (χ2n) is 5.78. The van der Waals surface area contributed by atoms with Gasteiger partial charge in [-0.3, -0.25) is 0 Å². The van der Waals surface area contributed by atoms with Crippen LogP contribution in [0.4, 0.5) is 4.79 Å². The lowest BCUT2D eigenvalue weighted by molar-refractivity contribution is 0.241. The fourth-order valence-corrected chi connectivity index (χ4v) is 2.65. The molecule has 0 heterocycles. The van der Waals surface area contributed by atoms with Gasteiger partial charge < -0.3 is 15.4 Å². The Morgan fingerprint density at radius 3 is 2.56 bits per heavy atom. The van der Waals surface area contributed by atoms with Gasteiger partial charge in [-0.25, -0.2) is 4.79 Å². The van der Waals surface area contributed by atoms with E-state index in [0.29, 0.717) is 11.6 Å². The van der Waals surface area contributed by atoms with E-state index in [1.165, 1.54) is 0 Å². The predicted octanol–water partition coefficient (Wildman–Crippen LogP) is 4.37. The van der Waals surface area contributed by atoms with Crippen LogP contribution in [0.3, 0.4) is 0 Å². The zero-order valence-corrected chi connectivity index (χ0v) is 15.4. The summed E-state index contributed by atoms with van der Waals surface area (Å²) in [4.78, 5) is 11.7. The zero-order valence-electron chi connectivity index (χ0n) is 14.7. The van der Waals surface area contributed by atoms with Crippen LogP contribution in [0.25, 0.3) is 10.8 Å². The molecule has 3 rings (SSSR count). The first-order valence-electron chi connectivity index (χ1n) is 8.55. The summed E-state index contributed by atoms with van der Waals surface area (Å²) in [5.41, 5.74) is 0.976. The van der Waals surface area contributed by atoms with Crippen molar-refractivity contribution in [2.24, 2.45) is 0 Å². The number of fused-ring (bicyclic) bond motifs is 1. The molecule has 0 aliphatic rings. The maximum Gasteiger partial charge on any atom is 0.315 e. The third-order valence-corrected chi connectivity index (χ3v) is 4.13. The predicted molar refractivity (Wildman–Crippen MR) is 109 cm³/mol. The fraction of sp³-hybridized carbons (Fsp3) is 0.136. The van der Waals surface area contributed by atoms with E-state index in [2.05, 4.69) is 22.5 Å². The van der Waals surface area contributed by atoms with Gasteiger partial charge in [0.1, 0.15) is 12.4 Å². The van der Waals surface area contributed by atoms with Gasteiger partial charge in [0, 0.05) is 17.0 Å². The monoisotopic (exact) mass is 378 g/mol. The maximum absolute atomic E-state index is 11.7. The number of hydrogen-bond acceptors (Lipinski definition) is 2. The summed E-state index contributed by atoms with van der Waals surface area (Å²) in [5, 5.41) is 8.30. The topological polar surface area (TPSA) is 50.4 Å². The number of benzene rings is 3. The van der Waals surface area contributed by atoms with Crippen molar-refractivity contribution in [2.45, 2.75) is 6.54 Å². The van der Waals surface area contributed by atoms with Crippen molar-refractivity contribution in [2.75, 3.05) is 13.2 Å². The lowest BCUT2D eigenvalue weighted by Gasteiger charge is -2.06. The van der Waals surface area contributed by atoms with Crippen LogP contribution >= 0.6 is 11.6 Å². The number of carbonyl (C=O) groups is 1. The molecule has 0 aliphatic heterocycles. The lowest BCUT2D eigenvalue weighted by Crippen LogP contribution is -2.35. The van der Waals surface area contributed by atoms with Crippen molar-refractivity contribution in [3.8, 4) is 17.6 Å². The largest absolute Gasteiger partial charge is 0.480 e. The van der Waals surface area contributed by atoms with Crippen molar-refractivity contribution in [1.29, 1.82) is 0 Å². The number of halogens is 1. The molecule has 3 aromatic rings. The average molecular weight is 379 g/mol.